The van der Waals surface area contributed by atoms with Crippen LogP contribution >= 0.6 is 11.3 Å². The number of benzene rings is 1. The Morgan fingerprint density at radius 2 is 1.85 bits per heavy atom. The maximum atomic E-state index is 12.6. The molecule has 1 aliphatic rings. The molecule has 1 N–H and O–H groups in total. The zero-order chi connectivity index (χ0) is 19.9. The fourth-order valence-electron chi connectivity index (χ4n) is 2.73. The minimum atomic E-state index is -0.392. The summed E-state index contributed by atoms with van der Waals surface area (Å²) in [5.41, 5.74) is 0.747. The molecule has 2 heterocycles. The fourth-order valence-corrected chi connectivity index (χ4v) is 3.53. The summed E-state index contributed by atoms with van der Waals surface area (Å²) in [6, 6.07) is 4.37. The smallest absolute Gasteiger partial charge is 0.261 e. The number of carbonyl (C=O) groups is 3. The van der Waals surface area contributed by atoms with E-state index in [2.05, 4.69) is 15.5 Å². The van der Waals surface area contributed by atoms with E-state index >= 15 is 0 Å². The molecule has 0 unspecified atom stereocenters. The van der Waals surface area contributed by atoms with Crippen LogP contribution in [0.5, 0.6) is 0 Å². The van der Waals surface area contributed by atoms with Gasteiger partial charge < -0.3 is 0 Å². The Morgan fingerprint density at radius 1 is 1.19 bits per heavy atom. The normalized spacial score (nSPS) is 15.1. The van der Waals surface area contributed by atoms with E-state index in [0.29, 0.717) is 22.7 Å². The fraction of sp³-hybridized carbons (Fsp3) is 0.421. The summed E-state index contributed by atoms with van der Waals surface area (Å²) in [5.74, 6) is -1.06. The number of carbonyl (C=O) groups excluding carboxylic acids is 3. The van der Waals surface area contributed by atoms with Crippen molar-refractivity contribution in [3.8, 4) is 0 Å². The summed E-state index contributed by atoms with van der Waals surface area (Å²) in [6.45, 7) is 9.81. The molecule has 8 heteroatoms. The molecule has 3 rings (SSSR count). The first-order valence-electron chi connectivity index (χ1n) is 8.80. The predicted octanol–water partition coefficient (Wildman–Crippen LogP) is 3.48. The van der Waals surface area contributed by atoms with E-state index in [-0.39, 0.29) is 28.8 Å². The molecule has 2 aromatic rings. The monoisotopic (exact) mass is 386 g/mol. The lowest BCUT2D eigenvalue weighted by Crippen LogP contribution is -2.37. The zero-order valence-corrected chi connectivity index (χ0v) is 16.8. The largest absolute Gasteiger partial charge is 0.296 e. The molecule has 1 atom stereocenters. The van der Waals surface area contributed by atoms with Gasteiger partial charge in [0.1, 0.15) is 5.01 Å². The molecule has 0 fully saturated rings. The zero-order valence-electron chi connectivity index (χ0n) is 16.0. The van der Waals surface area contributed by atoms with Gasteiger partial charge in [0.25, 0.3) is 17.7 Å². The summed E-state index contributed by atoms with van der Waals surface area (Å²) < 4.78 is 0. The molecule has 0 radical (unpaired) electrons. The molecule has 0 aliphatic carbocycles. The highest BCUT2D eigenvalue weighted by Crippen LogP contribution is 2.29. The lowest BCUT2D eigenvalue weighted by molar-refractivity contribution is 0.0593. The molecule has 1 aromatic carbocycles. The van der Waals surface area contributed by atoms with Crippen molar-refractivity contribution in [3.05, 3.63) is 39.9 Å². The van der Waals surface area contributed by atoms with Crippen LogP contribution in [0, 0.1) is 0 Å². The summed E-state index contributed by atoms with van der Waals surface area (Å²) in [4.78, 5) is 38.9. The predicted molar refractivity (Wildman–Crippen MR) is 103 cm³/mol. The van der Waals surface area contributed by atoms with Crippen LogP contribution in [0.25, 0.3) is 0 Å². The van der Waals surface area contributed by atoms with Gasteiger partial charge >= 0.3 is 0 Å². The van der Waals surface area contributed by atoms with Crippen LogP contribution in [0.3, 0.4) is 0 Å². The molecule has 27 heavy (non-hydrogen) atoms. The summed E-state index contributed by atoms with van der Waals surface area (Å²) in [7, 11) is 0. The third kappa shape index (κ3) is 3.49. The van der Waals surface area contributed by atoms with E-state index in [1.807, 2.05) is 34.6 Å². The minimum Gasteiger partial charge on any atom is -0.296 e. The van der Waals surface area contributed by atoms with E-state index in [1.54, 1.807) is 6.07 Å². The Hall–Kier alpha value is -2.61. The van der Waals surface area contributed by atoms with E-state index in [9.17, 15) is 14.4 Å². The molecule has 0 saturated carbocycles. The van der Waals surface area contributed by atoms with Crippen LogP contribution in [0.4, 0.5) is 5.13 Å². The maximum absolute atomic E-state index is 12.6. The SMILES string of the molecule is CC[C@H](C)N1C(=O)c2ccc(C(=O)Nc3nnc(C(C)(C)C)s3)cc2C1=O. The first-order valence-corrected chi connectivity index (χ1v) is 9.62. The van der Waals surface area contributed by atoms with E-state index in [4.69, 9.17) is 0 Å². The topological polar surface area (TPSA) is 92.3 Å². The summed E-state index contributed by atoms with van der Waals surface area (Å²) in [5, 5.41) is 12.0. The van der Waals surface area contributed by atoms with Crippen LogP contribution in [-0.2, 0) is 5.41 Å². The van der Waals surface area contributed by atoms with Gasteiger partial charge in [0.2, 0.25) is 5.13 Å². The second-order valence-electron chi connectivity index (χ2n) is 7.61. The van der Waals surface area contributed by atoms with Crippen molar-refractivity contribution in [2.75, 3.05) is 5.32 Å². The Bertz CT molecular complexity index is 929. The van der Waals surface area contributed by atoms with Crippen molar-refractivity contribution in [3.63, 3.8) is 0 Å². The number of fused-ring (bicyclic) bond motifs is 1. The lowest BCUT2D eigenvalue weighted by Gasteiger charge is -2.20. The van der Waals surface area contributed by atoms with Gasteiger partial charge in [-0.2, -0.15) is 0 Å². The molecule has 0 spiro atoms. The molecule has 3 amide bonds. The van der Waals surface area contributed by atoms with Crippen molar-refractivity contribution in [1.82, 2.24) is 15.1 Å². The van der Waals surface area contributed by atoms with Crippen molar-refractivity contribution in [2.45, 2.75) is 52.5 Å². The van der Waals surface area contributed by atoms with E-state index < -0.39 is 5.91 Å². The van der Waals surface area contributed by atoms with Gasteiger partial charge in [-0.3, -0.25) is 24.6 Å². The van der Waals surface area contributed by atoms with Crippen LogP contribution < -0.4 is 5.32 Å². The first kappa shape index (κ1) is 19.2. The number of rotatable bonds is 4. The van der Waals surface area contributed by atoms with Gasteiger partial charge in [-0.1, -0.05) is 39.0 Å². The van der Waals surface area contributed by atoms with Gasteiger partial charge in [-0.05, 0) is 31.5 Å². The van der Waals surface area contributed by atoms with Gasteiger partial charge in [-0.25, -0.2) is 0 Å². The highest BCUT2D eigenvalue weighted by molar-refractivity contribution is 7.15. The molecule has 0 bridgehead atoms. The number of hydrogen-bond acceptors (Lipinski definition) is 6. The average molecular weight is 386 g/mol. The summed E-state index contributed by atoms with van der Waals surface area (Å²) >= 11 is 1.31. The number of aromatic nitrogens is 2. The molecule has 0 saturated heterocycles. The van der Waals surface area contributed by atoms with Gasteiger partial charge in [0.15, 0.2) is 0 Å². The number of hydrogen-bond donors (Lipinski definition) is 1. The number of anilines is 1. The first-order chi connectivity index (χ1) is 12.6. The lowest BCUT2D eigenvalue weighted by atomic mass is 9.98. The van der Waals surface area contributed by atoms with Crippen molar-refractivity contribution in [2.24, 2.45) is 0 Å². The Labute approximate surface area is 161 Å². The maximum Gasteiger partial charge on any atom is 0.261 e. The Morgan fingerprint density at radius 3 is 2.44 bits per heavy atom. The molecule has 1 aromatic heterocycles. The quantitative estimate of drug-likeness (QED) is 0.812. The highest BCUT2D eigenvalue weighted by atomic mass is 32.1. The number of imide groups is 1. The van der Waals surface area contributed by atoms with E-state index in [0.717, 1.165) is 5.01 Å². The van der Waals surface area contributed by atoms with Crippen molar-refractivity contribution in [1.29, 1.82) is 0 Å². The second-order valence-corrected chi connectivity index (χ2v) is 8.59. The molecular weight excluding hydrogens is 364 g/mol. The second kappa shape index (κ2) is 6.84. The van der Waals surface area contributed by atoms with Gasteiger partial charge in [-0.15, -0.1) is 10.2 Å². The number of nitrogens with zero attached hydrogens (tertiary/aromatic N) is 3. The molecule has 142 valence electrons. The van der Waals surface area contributed by atoms with Gasteiger partial charge in [0, 0.05) is 17.0 Å². The number of amides is 3. The van der Waals surface area contributed by atoms with Crippen LogP contribution in [0.15, 0.2) is 18.2 Å². The van der Waals surface area contributed by atoms with E-state index in [1.165, 1.54) is 28.4 Å². The van der Waals surface area contributed by atoms with Crippen molar-refractivity contribution >= 4 is 34.2 Å². The minimum absolute atomic E-state index is 0.152. The standard InChI is InChI=1S/C19H22N4O3S/c1-6-10(2)23-15(25)12-8-7-11(9-13(12)16(23)26)14(24)20-18-22-21-17(27-18)19(3,4)5/h7-10H,6H2,1-5H3,(H,20,22,24)/t10-/m0/s1. The number of nitrogens with one attached hydrogen (secondary N) is 1. The summed E-state index contributed by atoms with van der Waals surface area (Å²) in [6.07, 6.45) is 0.673. The third-order valence-electron chi connectivity index (χ3n) is 4.50. The van der Waals surface area contributed by atoms with Crippen LogP contribution in [-0.4, -0.2) is 38.9 Å². The molecular formula is C19H22N4O3S. The molecule has 7 nitrogen and oxygen atoms in total. The highest BCUT2D eigenvalue weighted by Gasteiger charge is 2.38. The Balaban J connectivity index is 1.83. The van der Waals surface area contributed by atoms with Crippen molar-refractivity contribution < 1.29 is 14.4 Å². The average Bonchev–Trinajstić information content (AvgIpc) is 3.18. The Kier molecular flexibility index (Phi) is 4.86. The van der Waals surface area contributed by atoms with Gasteiger partial charge in [0.05, 0.1) is 11.1 Å². The van der Waals surface area contributed by atoms with Crippen LogP contribution in [0.1, 0.15) is 77.1 Å². The molecule has 1 aliphatic heterocycles. The van der Waals surface area contributed by atoms with Crippen LogP contribution in [0.2, 0.25) is 0 Å². The third-order valence-corrected chi connectivity index (χ3v) is 5.76.